The van der Waals surface area contributed by atoms with Crippen LogP contribution in [0.15, 0.2) is 65.9 Å². The average Bonchev–Trinajstić information content (AvgIpc) is 3.17. The number of aliphatic imine (C=N–C) groups is 1. The van der Waals surface area contributed by atoms with Crippen molar-refractivity contribution in [3.05, 3.63) is 72.1 Å². The molecule has 1 atom stereocenters. The van der Waals surface area contributed by atoms with Gasteiger partial charge in [-0.05, 0) is 35.9 Å². The van der Waals surface area contributed by atoms with E-state index in [4.69, 9.17) is 0 Å². The highest BCUT2D eigenvalue weighted by atomic mass is 19.4. The predicted octanol–water partition coefficient (Wildman–Crippen LogP) is 4.26. The molecule has 34 heavy (non-hydrogen) atoms. The van der Waals surface area contributed by atoms with Crippen molar-refractivity contribution in [1.29, 1.82) is 0 Å². The van der Waals surface area contributed by atoms with E-state index in [2.05, 4.69) is 20.3 Å². The minimum absolute atomic E-state index is 0.115. The molecule has 0 spiro atoms. The monoisotopic (exact) mass is 466 g/mol. The van der Waals surface area contributed by atoms with Gasteiger partial charge in [0.2, 0.25) is 11.9 Å². The number of hydrogen-bond acceptors (Lipinski definition) is 6. The van der Waals surface area contributed by atoms with Crippen molar-refractivity contribution in [2.45, 2.75) is 12.1 Å². The molecular formula is C24H21F3N6O. The third-order valence-electron chi connectivity index (χ3n) is 5.95. The van der Waals surface area contributed by atoms with Crippen molar-refractivity contribution in [2.75, 3.05) is 41.3 Å². The second-order valence-corrected chi connectivity index (χ2v) is 8.05. The van der Waals surface area contributed by atoms with Crippen molar-refractivity contribution in [3.8, 4) is 0 Å². The van der Waals surface area contributed by atoms with Crippen molar-refractivity contribution >= 4 is 35.1 Å². The zero-order valence-electron chi connectivity index (χ0n) is 18.0. The Kier molecular flexibility index (Phi) is 5.64. The Hall–Kier alpha value is -3.95. The van der Waals surface area contributed by atoms with E-state index in [1.54, 1.807) is 53.7 Å². The van der Waals surface area contributed by atoms with Crippen LogP contribution in [0.1, 0.15) is 17.0 Å². The zero-order chi connectivity index (χ0) is 23.7. The lowest BCUT2D eigenvalue weighted by atomic mass is 10.0. The number of halogens is 3. The fourth-order valence-electron chi connectivity index (χ4n) is 4.25. The topological polar surface area (TPSA) is 73.7 Å². The Morgan fingerprint density at radius 3 is 2.41 bits per heavy atom. The molecule has 3 aromatic rings. The van der Waals surface area contributed by atoms with Crippen LogP contribution in [-0.4, -0.2) is 48.3 Å². The quantitative estimate of drug-likeness (QED) is 0.582. The summed E-state index contributed by atoms with van der Waals surface area (Å²) in [6.45, 7) is 1.83. The number of carbonyl (C=O) groups is 1. The maximum atomic E-state index is 14.0. The SMILES string of the molecule is O=C1Nc2ccccc2C1C=Nc1ccc(N2CCN(c3ncccn3)CC2)c(C(F)(F)F)c1. The molecule has 5 rings (SSSR count). The highest BCUT2D eigenvalue weighted by Gasteiger charge is 2.36. The Labute approximate surface area is 194 Å². The maximum Gasteiger partial charge on any atom is 0.418 e. The number of carbonyl (C=O) groups excluding carboxylic acids is 1. The fourth-order valence-corrected chi connectivity index (χ4v) is 4.25. The molecule has 174 valence electrons. The third-order valence-corrected chi connectivity index (χ3v) is 5.95. The summed E-state index contributed by atoms with van der Waals surface area (Å²) in [5.41, 5.74) is 0.955. The first-order valence-electron chi connectivity index (χ1n) is 10.8. The first-order valence-corrected chi connectivity index (χ1v) is 10.8. The summed E-state index contributed by atoms with van der Waals surface area (Å²) < 4.78 is 41.9. The van der Waals surface area contributed by atoms with Crippen LogP contribution in [0.2, 0.25) is 0 Å². The fraction of sp³-hybridized carbons (Fsp3) is 0.250. The van der Waals surface area contributed by atoms with Crippen molar-refractivity contribution in [1.82, 2.24) is 9.97 Å². The number of anilines is 3. The van der Waals surface area contributed by atoms with E-state index in [0.717, 1.165) is 11.6 Å². The molecule has 10 heteroatoms. The lowest BCUT2D eigenvalue weighted by Crippen LogP contribution is -2.47. The van der Waals surface area contributed by atoms with Crippen LogP contribution >= 0.6 is 0 Å². The van der Waals surface area contributed by atoms with Crippen LogP contribution < -0.4 is 15.1 Å². The number of amides is 1. The number of hydrogen-bond donors (Lipinski definition) is 1. The number of piperazine rings is 1. The molecular weight excluding hydrogens is 445 g/mol. The Balaban J connectivity index is 1.36. The van der Waals surface area contributed by atoms with Crippen molar-refractivity contribution < 1.29 is 18.0 Å². The highest BCUT2D eigenvalue weighted by molar-refractivity contribution is 6.12. The molecule has 0 radical (unpaired) electrons. The van der Waals surface area contributed by atoms with Gasteiger partial charge in [0.1, 0.15) is 5.92 Å². The lowest BCUT2D eigenvalue weighted by Gasteiger charge is -2.37. The average molecular weight is 466 g/mol. The normalized spacial score (nSPS) is 18.3. The van der Waals surface area contributed by atoms with Crippen molar-refractivity contribution in [2.24, 2.45) is 4.99 Å². The predicted molar refractivity (Wildman–Crippen MR) is 124 cm³/mol. The van der Waals surface area contributed by atoms with Gasteiger partial charge >= 0.3 is 6.18 Å². The molecule has 1 aromatic heterocycles. The second-order valence-electron chi connectivity index (χ2n) is 8.05. The summed E-state index contributed by atoms with van der Waals surface area (Å²) in [5, 5.41) is 2.76. The van der Waals surface area contributed by atoms with Crippen LogP contribution in [0.3, 0.4) is 0 Å². The van der Waals surface area contributed by atoms with E-state index in [1.807, 2.05) is 4.90 Å². The Bertz CT molecular complexity index is 1220. The van der Waals surface area contributed by atoms with Gasteiger partial charge in [0.05, 0.1) is 11.3 Å². The minimum Gasteiger partial charge on any atom is -0.367 e. The highest BCUT2D eigenvalue weighted by Crippen LogP contribution is 2.39. The van der Waals surface area contributed by atoms with Gasteiger partial charge in [-0.1, -0.05) is 18.2 Å². The second kappa shape index (κ2) is 8.77. The Morgan fingerprint density at radius 1 is 0.971 bits per heavy atom. The molecule has 1 unspecified atom stereocenters. The van der Waals surface area contributed by atoms with Gasteiger partial charge < -0.3 is 15.1 Å². The van der Waals surface area contributed by atoms with Crippen LogP contribution in [0.4, 0.5) is 36.2 Å². The number of rotatable bonds is 4. The van der Waals surface area contributed by atoms with E-state index in [1.165, 1.54) is 12.3 Å². The zero-order valence-corrected chi connectivity index (χ0v) is 18.0. The third kappa shape index (κ3) is 4.30. The number of alkyl halides is 3. The van der Waals surface area contributed by atoms with Gasteiger partial charge in [-0.15, -0.1) is 0 Å². The smallest absolute Gasteiger partial charge is 0.367 e. The van der Waals surface area contributed by atoms with Gasteiger partial charge in [0.15, 0.2) is 0 Å². The number of para-hydroxylation sites is 1. The number of nitrogens with zero attached hydrogens (tertiary/aromatic N) is 5. The molecule has 3 heterocycles. The van der Waals surface area contributed by atoms with Gasteiger partial charge in [-0.3, -0.25) is 9.79 Å². The minimum atomic E-state index is -4.54. The molecule has 0 bridgehead atoms. The van der Waals surface area contributed by atoms with E-state index >= 15 is 0 Å². The molecule has 2 aliphatic heterocycles. The molecule has 2 aliphatic rings. The van der Waals surface area contributed by atoms with E-state index in [-0.39, 0.29) is 17.3 Å². The molecule has 0 saturated carbocycles. The maximum absolute atomic E-state index is 14.0. The lowest BCUT2D eigenvalue weighted by molar-refractivity contribution is -0.137. The van der Waals surface area contributed by atoms with Crippen LogP contribution in [-0.2, 0) is 11.0 Å². The van der Waals surface area contributed by atoms with Gasteiger partial charge in [-0.25, -0.2) is 9.97 Å². The van der Waals surface area contributed by atoms with Crippen LogP contribution in [0.5, 0.6) is 0 Å². The Morgan fingerprint density at radius 2 is 1.68 bits per heavy atom. The van der Waals surface area contributed by atoms with E-state index in [0.29, 0.717) is 37.8 Å². The molecule has 1 N–H and O–H groups in total. The molecule has 0 aliphatic carbocycles. The molecule has 2 aromatic carbocycles. The van der Waals surface area contributed by atoms with E-state index in [9.17, 15) is 18.0 Å². The summed E-state index contributed by atoms with van der Waals surface area (Å²) in [5.74, 6) is -0.322. The summed E-state index contributed by atoms with van der Waals surface area (Å²) >= 11 is 0. The number of fused-ring (bicyclic) bond motifs is 1. The van der Waals surface area contributed by atoms with E-state index < -0.39 is 17.7 Å². The number of aromatic nitrogens is 2. The first-order chi connectivity index (χ1) is 16.4. The summed E-state index contributed by atoms with van der Waals surface area (Å²) in [4.78, 5) is 28.6. The number of benzene rings is 2. The molecule has 1 amide bonds. The molecule has 1 fully saturated rings. The van der Waals surface area contributed by atoms with Crippen molar-refractivity contribution in [3.63, 3.8) is 0 Å². The molecule has 7 nitrogen and oxygen atoms in total. The van der Waals surface area contributed by atoms with Crippen LogP contribution in [0.25, 0.3) is 0 Å². The first kappa shape index (κ1) is 21.9. The largest absolute Gasteiger partial charge is 0.418 e. The standard InChI is InChI=1S/C24H21F3N6O/c25-24(26,27)19-14-16(30-15-18-17-4-1-2-5-20(17)31-22(18)34)6-7-21(19)32-10-12-33(13-11-32)23-28-8-3-9-29-23/h1-9,14-15,18H,10-13H2,(H,31,34). The summed E-state index contributed by atoms with van der Waals surface area (Å²) in [6.07, 6.45) is 0.139. The summed E-state index contributed by atoms with van der Waals surface area (Å²) in [7, 11) is 0. The van der Waals surface area contributed by atoms with Gasteiger partial charge in [0, 0.05) is 56.2 Å². The van der Waals surface area contributed by atoms with Gasteiger partial charge in [0.25, 0.3) is 0 Å². The summed E-state index contributed by atoms with van der Waals surface area (Å²) in [6, 6.07) is 12.9. The van der Waals surface area contributed by atoms with Gasteiger partial charge in [-0.2, -0.15) is 13.2 Å². The molecule has 1 saturated heterocycles. The van der Waals surface area contributed by atoms with Crippen LogP contribution in [0, 0.1) is 0 Å². The number of nitrogens with one attached hydrogen (secondary N) is 1.